The Balaban J connectivity index is 1.50. The van der Waals surface area contributed by atoms with Crippen LogP contribution < -0.4 is 4.74 Å². The summed E-state index contributed by atoms with van der Waals surface area (Å²) in [6.45, 7) is 1.67. The number of carbonyl (C=O) groups excluding carboxylic acids is 1. The minimum Gasteiger partial charge on any atom is -0.497 e. The van der Waals surface area contributed by atoms with Crippen molar-refractivity contribution in [2.75, 3.05) is 33.3 Å². The van der Waals surface area contributed by atoms with Gasteiger partial charge in [-0.25, -0.2) is 4.79 Å². The number of benzene rings is 1. The molecule has 0 bridgehead atoms. The lowest BCUT2D eigenvalue weighted by molar-refractivity contribution is -0.138. The van der Waals surface area contributed by atoms with Crippen LogP contribution in [0.5, 0.6) is 5.75 Å². The number of carboxylic acid groups (broad SMARTS) is 1. The lowest BCUT2D eigenvalue weighted by Crippen LogP contribution is -2.39. The second-order valence-electron chi connectivity index (χ2n) is 6.22. The fourth-order valence-electron chi connectivity index (χ4n) is 3.40. The molecule has 0 saturated carbocycles. The van der Waals surface area contributed by atoms with Crippen LogP contribution in [0.2, 0.25) is 0 Å². The van der Waals surface area contributed by atoms with Crippen LogP contribution in [0.1, 0.15) is 12.0 Å². The predicted molar refractivity (Wildman–Crippen MR) is 86.2 cm³/mol. The van der Waals surface area contributed by atoms with Crippen molar-refractivity contribution in [3.8, 4) is 5.75 Å². The van der Waals surface area contributed by atoms with Crippen LogP contribution >= 0.6 is 0 Å². The molecular weight excluding hydrogens is 312 g/mol. The molecule has 2 saturated heterocycles. The first-order valence-corrected chi connectivity index (χ1v) is 8.11. The van der Waals surface area contributed by atoms with Gasteiger partial charge in [0.25, 0.3) is 0 Å². The topological polar surface area (TPSA) is 79.3 Å². The van der Waals surface area contributed by atoms with E-state index in [0.29, 0.717) is 19.6 Å². The number of aryl methyl sites for hydroxylation is 1. The Labute approximate surface area is 140 Å². The van der Waals surface area contributed by atoms with Gasteiger partial charge in [-0.05, 0) is 30.5 Å². The van der Waals surface area contributed by atoms with Gasteiger partial charge in [-0.15, -0.1) is 0 Å². The third-order valence-corrected chi connectivity index (χ3v) is 4.58. The molecule has 130 valence electrons. The molecule has 0 spiro atoms. The van der Waals surface area contributed by atoms with E-state index >= 15 is 0 Å². The molecule has 1 aromatic rings. The molecule has 1 aromatic carbocycles. The number of fused-ring (bicyclic) bond motifs is 1. The van der Waals surface area contributed by atoms with Gasteiger partial charge in [0.1, 0.15) is 11.9 Å². The lowest BCUT2D eigenvalue weighted by Gasteiger charge is -2.21. The zero-order valence-electron chi connectivity index (χ0n) is 13.7. The van der Waals surface area contributed by atoms with E-state index in [1.54, 1.807) is 12.0 Å². The molecule has 7 nitrogen and oxygen atoms in total. The molecule has 1 amide bonds. The van der Waals surface area contributed by atoms with E-state index in [9.17, 15) is 9.59 Å². The van der Waals surface area contributed by atoms with Crippen molar-refractivity contribution in [2.24, 2.45) is 0 Å². The number of aliphatic carboxylic acids is 1. The second-order valence-corrected chi connectivity index (χ2v) is 6.22. The molecule has 2 atom stereocenters. The molecule has 0 radical (unpaired) electrons. The molecule has 2 aliphatic rings. The highest BCUT2D eigenvalue weighted by molar-refractivity contribution is 5.72. The van der Waals surface area contributed by atoms with Gasteiger partial charge in [0.05, 0.1) is 19.7 Å². The zero-order chi connectivity index (χ0) is 17.1. The highest BCUT2D eigenvalue weighted by Gasteiger charge is 2.47. The van der Waals surface area contributed by atoms with E-state index in [4.69, 9.17) is 14.6 Å². The molecule has 0 aromatic heterocycles. The molecular formula is C17H22N2O5. The van der Waals surface area contributed by atoms with Gasteiger partial charge in [0.15, 0.2) is 0 Å². The van der Waals surface area contributed by atoms with E-state index in [-0.39, 0.29) is 24.8 Å². The van der Waals surface area contributed by atoms with Crippen LogP contribution in [0.15, 0.2) is 24.3 Å². The van der Waals surface area contributed by atoms with Crippen LogP contribution in [0.3, 0.4) is 0 Å². The van der Waals surface area contributed by atoms with Crippen molar-refractivity contribution >= 4 is 12.1 Å². The number of methoxy groups -OCH3 is 1. The summed E-state index contributed by atoms with van der Waals surface area (Å²) in [5.74, 6) is -0.0263. The molecule has 1 N–H and O–H groups in total. The van der Waals surface area contributed by atoms with Crippen molar-refractivity contribution in [1.82, 2.24) is 9.80 Å². The minimum atomic E-state index is -0.854. The Bertz CT molecular complexity index is 604. The predicted octanol–water partition coefficient (Wildman–Crippen LogP) is 1.22. The SMILES string of the molecule is COc1ccc(CCCN2C(=O)O[C@H]3CN(CC(=O)O)C[C@H]32)cc1. The third-order valence-electron chi connectivity index (χ3n) is 4.58. The highest BCUT2D eigenvalue weighted by atomic mass is 16.6. The zero-order valence-corrected chi connectivity index (χ0v) is 13.7. The first-order valence-electron chi connectivity index (χ1n) is 8.11. The van der Waals surface area contributed by atoms with E-state index < -0.39 is 5.97 Å². The summed E-state index contributed by atoms with van der Waals surface area (Å²) < 4.78 is 10.5. The van der Waals surface area contributed by atoms with E-state index in [1.807, 2.05) is 29.2 Å². The average molecular weight is 334 g/mol. The summed E-state index contributed by atoms with van der Waals surface area (Å²) in [4.78, 5) is 26.4. The normalized spacial score (nSPS) is 23.2. The molecule has 7 heteroatoms. The number of nitrogens with zero attached hydrogens (tertiary/aromatic N) is 2. The van der Waals surface area contributed by atoms with Crippen LogP contribution in [0, 0.1) is 0 Å². The number of amides is 1. The monoisotopic (exact) mass is 334 g/mol. The van der Waals surface area contributed by atoms with Crippen molar-refractivity contribution < 1.29 is 24.2 Å². The maximum absolute atomic E-state index is 12.0. The van der Waals surface area contributed by atoms with Crippen LogP contribution in [-0.2, 0) is 16.0 Å². The van der Waals surface area contributed by atoms with Gasteiger partial charge in [0.2, 0.25) is 0 Å². The molecule has 2 heterocycles. The Morgan fingerprint density at radius 2 is 2.08 bits per heavy atom. The number of ether oxygens (including phenoxy) is 2. The van der Waals surface area contributed by atoms with Crippen LogP contribution in [0.25, 0.3) is 0 Å². The molecule has 24 heavy (non-hydrogen) atoms. The van der Waals surface area contributed by atoms with Gasteiger partial charge < -0.3 is 19.5 Å². The number of carbonyl (C=O) groups is 2. The van der Waals surface area contributed by atoms with E-state index in [0.717, 1.165) is 18.6 Å². The van der Waals surface area contributed by atoms with Gasteiger partial charge >= 0.3 is 12.1 Å². The number of carboxylic acids is 1. The lowest BCUT2D eigenvalue weighted by atomic mass is 10.1. The van der Waals surface area contributed by atoms with Crippen molar-refractivity contribution in [2.45, 2.75) is 25.0 Å². The van der Waals surface area contributed by atoms with Crippen LogP contribution in [-0.4, -0.2) is 72.4 Å². The van der Waals surface area contributed by atoms with Crippen molar-refractivity contribution in [1.29, 1.82) is 0 Å². The maximum atomic E-state index is 12.0. The highest BCUT2D eigenvalue weighted by Crippen LogP contribution is 2.27. The van der Waals surface area contributed by atoms with Gasteiger partial charge in [-0.3, -0.25) is 9.69 Å². The number of rotatable bonds is 7. The van der Waals surface area contributed by atoms with E-state index in [2.05, 4.69) is 0 Å². The number of hydrogen-bond acceptors (Lipinski definition) is 5. The van der Waals surface area contributed by atoms with E-state index in [1.165, 1.54) is 5.56 Å². The summed E-state index contributed by atoms with van der Waals surface area (Å²) in [6, 6.07) is 7.86. The Morgan fingerprint density at radius 1 is 1.33 bits per heavy atom. The van der Waals surface area contributed by atoms with Crippen molar-refractivity contribution in [3.63, 3.8) is 0 Å². The Morgan fingerprint density at radius 3 is 2.75 bits per heavy atom. The quantitative estimate of drug-likeness (QED) is 0.808. The summed E-state index contributed by atoms with van der Waals surface area (Å²) in [6.07, 6.45) is 1.21. The molecule has 0 aliphatic carbocycles. The first kappa shape index (κ1) is 16.6. The Kier molecular flexibility index (Phi) is 4.89. The van der Waals surface area contributed by atoms with Crippen molar-refractivity contribution in [3.05, 3.63) is 29.8 Å². The smallest absolute Gasteiger partial charge is 0.410 e. The summed E-state index contributed by atoms with van der Waals surface area (Å²) >= 11 is 0. The number of hydrogen-bond donors (Lipinski definition) is 1. The van der Waals surface area contributed by atoms with Crippen LogP contribution in [0.4, 0.5) is 4.79 Å². The fourth-order valence-corrected chi connectivity index (χ4v) is 3.40. The summed E-state index contributed by atoms with van der Waals surface area (Å²) in [5.41, 5.74) is 1.19. The largest absolute Gasteiger partial charge is 0.497 e. The number of likely N-dealkylation sites (tertiary alicyclic amines) is 1. The first-order chi connectivity index (χ1) is 11.6. The van der Waals surface area contributed by atoms with Gasteiger partial charge in [-0.1, -0.05) is 12.1 Å². The molecule has 2 fully saturated rings. The summed E-state index contributed by atoms with van der Waals surface area (Å²) in [7, 11) is 1.64. The molecule has 2 aliphatic heterocycles. The van der Waals surface area contributed by atoms with Gasteiger partial charge in [0, 0.05) is 19.6 Å². The molecule has 3 rings (SSSR count). The van der Waals surface area contributed by atoms with Gasteiger partial charge in [-0.2, -0.15) is 0 Å². The molecule has 0 unspecified atom stereocenters. The third kappa shape index (κ3) is 3.62. The minimum absolute atomic E-state index is 0.00968. The summed E-state index contributed by atoms with van der Waals surface area (Å²) in [5, 5.41) is 8.89. The average Bonchev–Trinajstić information content (AvgIpc) is 3.05. The fraction of sp³-hybridized carbons (Fsp3) is 0.529. The maximum Gasteiger partial charge on any atom is 0.410 e. The standard InChI is InChI=1S/C17H22N2O5/c1-23-13-6-4-12(5-7-13)3-2-8-19-14-9-18(11-16(20)21)10-15(14)24-17(19)22/h4-7,14-15H,2-3,8-11H2,1H3,(H,20,21)/t14-,15+/m1/s1. The second kappa shape index (κ2) is 7.09. The Hall–Kier alpha value is -2.28.